The molecule has 1 N–H and O–H groups in total. The number of hydrogen-bond acceptors (Lipinski definition) is 3. The van der Waals surface area contributed by atoms with Gasteiger partial charge in [-0.3, -0.25) is 0 Å². The van der Waals surface area contributed by atoms with Gasteiger partial charge < -0.3 is 10.0 Å². The van der Waals surface area contributed by atoms with Crippen molar-refractivity contribution in [1.82, 2.24) is 4.98 Å². The van der Waals surface area contributed by atoms with Crippen LogP contribution in [0.2, 0.25) is 0 Å². The van der Waals surface area contributed by atoms with E-state index in [1.165, 1.54) is 6.07 Å². The van der Waals surface area contributed by atoms with Crippen molar-refractivity contribution in [3.63, 3.8) is 0 Å². The first-order chi connectivity index (χ1) is 7.72. The molecule has 3 nitrogen and oxygen atoms in total. The lowest BCUT2D eigenvalue weighted by Crippen LogP contribution is -2.26. The van der Waals surface area contributed by atoms with Gasteiger partial charge >= 0.3 is 0 Å². The summed E-state index contributed by atoms with van der Waals surface area (Å²) in [5.41, 5.74) is 0.462. The molecule has 0 atom stereocenters. The summed E-state index contributed by atoms with van der Waals surface area (Å²) in [5, 5.41) is 9.14. The molecule has 0 aliphatic carbocycles. The van der Waals surface area contributed by atoms with E-state index in [2.05, 4.69) is 10.9 Å². The van der Waals surface area contributed by atoms with Crippen molar-refractivity contribution in [2.75, 3.05) is 18.0 Å². The number of halogens is 1. The van der Waals surface area contributed by atoms with E-state index < -0.39 is 5.82 Å². The molecule has 0 amide bonds. The lowest BCUT2D eigenvalue weighted by Gasteiger charge is -2.22. The van der Waals surface area contributed by atoms with Crippen molar-refractivity contribution in [2.45, 2.75) is 20.0 Å². The number of nitrogens with zero attached hydrogens (tertiary/aromatic N) is 2. The Kier molecular flexibility index (Phi) is 4.74. The summed E-state index contributed by atoms with van der Waals surface area (Å²) in [4.78, 5) is 5.83. The molecule has 0 aliphatic rings. The molecule has 1 rings (SSSR count). The van der Waals surface area contributed by atoms with Crippen molar-refractivity contribution in [3.05, 3.63) is 23.6 Å². The monoisotopic (exact) mass is 222 g/mol. The molecule has 4 heteroatoms. The number of rotatable bonds is 5. The zero-order valence-electron chi connectivity index (χ0n) is 9.28. The Morgan fingerprint density at radius 2 is 2.38 bits per heavy atom. The Morgan fingerprint density at radius 1 is 1.62 bits per heavy atom. The van der Waals surface area contributed by atoms with Gasteiger partial charge in [-0.2, -0.15) is 0 Å². The summed E-state index contributed by atoms with van der Waals surface area (Å²) < 4.78 is 12.9. The van der Waals surface area contributed by atoms with Gasteiger partial charge in [-0.05, 0) is 12.5 Å². The van der Waals surface area contributed by atoms with Gasteiger partial charge in [0, 0.05) is 12.1 Å². The summed E-state index contributed by atoms with van der Waals surface area (Å²) in [7, 11) is 0. The molecule has 0 unspecified atom stereocenters. The van der Waals surface area contributed by atoms with Crippen LogP contribution in [0.4, 0.5) is 10.2 Å². The minimum absolute atomic E-state index is 0.245. The van der Waals surface area contributed by atoms with E-state index in [-0.39, 0.29) is 6.61 Å². The summed E-state index contributed by atoms with van der Waals surface area (Å²) >= 11 is 0. The fourth-order valence-electron chi connectivity index (χ4n) is 1.52. The average Bonchev–Trinajstić information content (AvgIpc) is 2.28. The fraction of sp³-hybridized carbons (Fsp3) is 0.417. The van der Waals surface area contributed by atoms with Crippen LogP contribution >= 0.6 is 0 Å². The first kappa shape index (κ1) is 12.5. The normalized spacial score (nSPS) is 9.88. The Morgan fingerprint density at radius 3 is 2.94 bits per heavy atom. The predicted molar refractivity (Wildman–Crippen MR) is 61.5 cm³/mol. The summed E-state index contributed by atoms with van der Waals surface area (Å²) in [5.74, 6) is 2.63. The van der Waals surface area contributed by atoms with Crippen LogP contribution < -0.4 is 4.90 Å². The Labute approximate surface area is 94.9 Å². The molecule has 0 bridgehead atoms. The third-order valence-corrected chi connectivity index (χ3v) is 2.16. The molecule has 86 valence electrons. The second kappa shape index (κ2) is 6.09. The van der Waals surface area contributed by atoms with Crippen LogP contribution in [0.25, 0.3) is 0 Å². The van der Waals surface area contributed by atoms with Gasteiger partial charge in [0.15, 0.2) is 0 Å². The van der Waals surface area contributed by atoms with Crippen molar-refractivity contribution >= 4 is 5.82 Å². The third kappa shape index (κ3) is 2.94. The van der Waals surface area contributed by atoms with Gasteiger partial charge in [-0.15, -0.1) is 6.42 Å². The third-order valence-electron chi connectivity index (χ3n) is 2.16. The number of aliphatic hydroxyl groups is 1. The smallest absolute Gasteiger partial charge is 0.142 e. The van der Waals surface area contributed by atoms with Gasteiger partial charge in [0.2, 0.25) is 0 Å². The van der Waals surface area contributed by atoms with Gasteiger partial charge in [0.1, 0.15) is 11.6 Å². The highest BCUT2D eigenvalue weighted by molar-refractivity contribution is 5.47. The zero-order chi connectivity index (χ0) is 12.0. The molecule has 1 aromatic heterocycles. The van der Waals surface area contributed by atoms with Crippen molar-refractivity contribution in [2.24, 2.45) is 0 Å². The van der Waals surface area contributed by atoms with E-state index >= 15 is 0 Å². The molecule has 0 fully saturated rings. The molecular formula is C12H15FN2O. The van der Waals surface area contributed by atoms with E-state index in [1.807, 2.05) is 11.8 Å². The summed E-state index contributed by atoms with van der Waals surface area (Å²) in [6.07, 6.45) is 7.30. The van der Waals surface area contributed by atoms with E-state index in [0.29, 0.717) is 17.9 Å². The maximum atomic E-state index is 12.9. The largest absolute Gasteiger partial charge is 0.392 e. The van der Waals surface area contributed by atoms with E-state index in [4.69, 9.17) is 11.5 Å². The number of anilines is 1. The second-order valence-corrected chi connectivity index (χ2v) is 3.42. The standard InChI is InChI=1S/C12H15FN2O/c1-3-5-15(6-4-2)12-10(9-16)7-11(13)8-14-12/h1,7-8,16H,4-6,9H2,2H3. The molecule has 0 saturated heterocycles. The van der Waals surface area contributed by atoms with Gasteiger partial charge in [-0.25, -0.2) is 9.37 Å². The van der Waals surface area contributed by atoms with E-state index in [1.54, 1.807) is 0 Å². The highest BCUT2D eigenvalue weighted by Crippen LogP contribution is 2.18. The molecule has 0 aromatic carbocycles. The number of aliphatic hydroxyl groups excluding tert-OH is 1. The second-order valence-electron chi connectivity index (χ2n) is 3.42. The Bertz CT molecular complexity index is 387. The quantitative estimate of drug-likeness (QED) is 0.768. The molecule has 0 aliphatic heterocycles. The highest BCUT2D eigenvalue weighted by Gasteiger charge is 2.11. The van der Waals surface area contributed by atoms with Crippen LogP contribution in [-0.2, 0) is 6.61 Å². The van der Waals surface area contributed by atoms with Gasteiger partial charge in [0.25, 0.3) is 0 Å². The maximum absolute atomic E-state index is 12.9. The highest BCUT2D eigenvalue weighted by atomic mass is 19.1. The molecule has 0 radical (unpaired) electrons. The molecule has 0 saturated carbocycles. The Hall–Kier alpha value is -1.60. The van der Waals surface area contributed by atoms with Gasteiger partial charge in [0.05, 0.1) is 19.3 Å². The predicted octanol–water partition coefficient (Wildman–Crippen LogP) is 1.56. The number of pyridine rings is 1. The fourth-order valence-corrected chi connectivity index (χ4v) is 1.52. The average molecular weight is 222 g/mol. The molecule has 1 aromatic rings. The summed E-state index contributed by atoms with van der Waals surface area (Å²) in [6.45, 7) is 2.91. The molecular weight excluding hydrogens is 207 g/mol. The lowest BCUT2D eigenvalue weighted by molar-refractivity contribution is 0.281. The first-order valence-electron chi connectivity index (χ1n) is 5.16. The van der Waals surface area contributed by atoms with E-state index in [9.17, 15) is 4.39 Å². The summed E-state index contributed by atoms with van der Waals surface area (Å²) in [6, 6.07) is 1.28. The maximum Gasteiger partial charge on any atom is 0.142 e. The molecule has 16 heavy (non-hydrogen) atoms. The van der Waals surface area contributed by atoms with Crippen LogP contribution in [0.5, 0.6) is 0 Å². The van der Waals surface area contributed by atoms with Crippen LogP contribution in [-0.4, -0.2) is 23.2 Å². The lowest BCUT2D eigenvalue weighted by atomic mass is 10.2. The van der Waals surface area contributed by atoms with Crippen molar-refractivity contribution < 1.29 is 9.50 Å². The van der Waals surface area contributed by atoms with Crippen molar-refractivity contribution in [3.8, 4) is 12.3 Å². The minimum atomic E-state index is -0.454. The number of terminal acetylenes is 1. The SMILES string of the molecule is C#CCN(CCC)c1ncc(F)cc1CO. The van der Waals surface area contributed by atoms with Crippen LogP contribution in [0.15, 0.2) is 12.3 Å². The minimum Gasteiger partial charge on any atom is -0.392 e. The van der Waals surface area contributed by atoms with Crippen LogP contribution in [0.3, 0.4) is 0 Å². The van der Waals surface area contributed by atoms with Crippen LogP contribution in [0, 0.1) is 18.2 Å². The molecule has 1 heterocycles. The first-order valence-corrected chi connectivity index (χ1v) is 5.16. The Balaban J connectivity index is 3.03. The van der Waals surface area contributed by atoms with Crippen LogP contribution in [0.1, 0.15) is 18.9 Å². The molecule has 0 spiro atoms. The van der Waals surface area contributed by atoms with E-state index in [0.717, 1.165) is 19.2 Å². The van der Waals surface area contributed by atoms with Crippen molar-refractivity contribution in [1.29, 1.82) is 0 Å². The topological polar surface area (TPSA) is 36.4 Å². The van der Waals surface area contributed by atoms with Gasteiger partial charge in [-0.1, -0.05) is 12.8 Å². The number of hydrogen-bond donors (Lipinski definition) is 1. The number of aromatic nitrogens is 1. The zero-order valence-corrected chi connectivity index (χ0v) is 9.28.